The van der Waals surface area contributed by atoms with E-state index in [4.69, 9.17) is 0 Å². The number of rotatable bonds is 6. The van der Waals surface area contributed by atoms with Gasteiger partial charge < -0.3 is 5.32 Å². The van der Waals surface area contributed by atoms with Gasteiger partial charge in [-0.3, -0.25) is 0 Å². The Morgan fingerprint density at radius 3 is 2.38 bits per heavy atom. The maximum atomic E-state index is 3.80. The summed E-state index contributed by atoms with van der Waals surface area (Å²) >= 11 is 1.93. The molecule has 1 unspecified atom stereocenters. The van der Waals surface area contributed by atoms with Crippen molar-refractivity contribution in [1.82, 2.24) is 5.32 Å². The van der Waals surface area contributed by atoms with E-state index in [0.29, 0.717) is 11.5 Å². The van der Waals surface area contributed by atoms with Crippen LogP contribution in [0.1, 0.15) is 56.7 Å². The standard InChI is InChI=1S/C19H29NS/c1-2-20-17(9-18-4-3-5-21-18)13-19-10-14-6-15(11-19)8-16(7-14)12-19/h3-5,14-17,20H,2,6-13H2,1H3. The van der Waals surface area contributed by atoms with Crippen LogP contribution in [-0.2, 0) is 6.42 Å². The maximum Gasteiger partial charge on any atom is 0.0120 e. The molecule has 4 saturated carbocycles. The summed E-state index contributed by atoms with van der Waals surface area (Å²) in [5, 5.41) is 6.03. The number of hydrogen-bond donors (Lipinski definition) is 1. The van der Waals surface area contributed by atoms with Crippen LogP contribution in [0.25, 0.3) is 0 Å². The van der Waals surface area contributed by atoms with E-state index in [0.717, 1.165) is 24.3 Å². The van der Waals surface area contributed by atoms with Crippen molar-refractivity contribution in [2.45, 2.75) is 64.3 Å². The molecule has 2 heteroatoms. The molecule has 0 saturated heterocycles. The second kappa shape index (κ2) is 5.70. The summed E-state index contributed by atoms with van der Waals surface area (Å²) < 4.78 is 0. The first-order valence-electron chi connectivity index (χ1n) is 9.00. The molecule has 1 nitrogen and oxygen atoms in total. The van der Waals surface area contributed by atoms with Crippen molar-refractivity contribution in [3.63, 3.8) is 0 Å². The van der Waals surface area contributed by atoms with Gasteiger partial charge in [-0.25, -0.2) is 0 Å². The summed E-state index contributed by atoms with van der Waals surface area (Å²) in [7, 11) is 0. The Balaban J connectivity index is 1.47. The highest BCUT2D eigenvalue weighted by Crippen LogP contribution is 2.61. The number of likely N-dealkylation sites (N-methyl/N-ethyl adjacent to an activating group) is 1. The summed E-state index contributed by atoms with van der Waals surface area (Å²) in [6, 6.07) is 5.22. The molecule has 0 amide bonds. The summed E-state index contributed by atoms with van der Waals surface area (Å²) in [4.78, 5) is 1.56. The molecule has 4 aliphatic carbocycles. The SMILES string of the molecule is CCNC(Cc1cccs1)CC12CC3CC(CC(C3)C1)C2. The minimum Gasteiger partial charge on any atom is -0.314 e. The summed E-state index contributed by atoms with van der Waals surface area (Å²) in [6.45, 7) is 3.38. The molecule has 1 N–H and O–H groups in total. The fraction of sp³-hybridized carbons (Fsp3) is 0.789. The smallest absolute Gasteiger partial charge is 0.0120 e. The van der Waals surface area contributed by atoms with Crippen molar-refractivity contribution in [3.8, 4) is 0 Å². The van der Waals surface area contributed by atoms with Crippen molar-refractivity contribution < 1.29 is 0 Å². The molecular formula is C19H29NS. The van der Waals surface area contributed by atoms with Crippen LogP contribution in [0.3, 0.4) is 0 Å². The molecule has 1 aromatic rings. The zero-order valence-corrected chi connectivity index (χ0v) is 14.1. The zero-order chi connectivity index (χ0) is 14.3. The predicted octanol–water partition coefficient (Wildman–Crippen LogP) is 4.88. The van der Waals surface area contributed by atoms with Crippen molar-refractivity contribution in [1.29, 1.82) is 0 Å². The van der Waals surface area contributed by atoms with Crippen LogP contribution in [0.2, 0.25) is 0 Å². The fourth-order valence-electron chi connectivity index (χ4n) is 6.24. The fourth-order valence-corrected chi connectivity index (χ4v) is 7.03. The van der Waals surface area contributed by atoms with E-state index in [2.05, 4.69) is 29.8 Å². The minimum absolute atomic E-state index is 0.699. The quantitative estimate of drug-likeness (QED) is 0.790. The van der Waals surface area contributed by atoms with Gasteiger partial charge in [0.15, 0.2) is 0 Å². The molecule has 4 fully saturated rings. The Hall–Kier alpha value is -0.340. The van der Waals surface area contributed by atoms with E-state index in [1.807, 2.05) is 11.3 Å². The Kier molecular flexibility index (Phi) is 3.87. The average molecular weight is 304 g/mol. The largest absolute Gasteiger partial charge is 0.314 e. The molecule has 0 spiro atoms. The normalized spacial score (nSPS) is 38.8. The molecule has 0 aromatic carbocycles. The monoisotopic (exact) mass is 303 g/mol. The van der Waals surface area contributed by atoms with Gasteiger partial charge >= 0.3 is 0 Å². The van der Waals surface area contributed by atoms with E-state index < -0.39 is 0 Å². The lowest BCUT2D eigenvalue weighted by Gasteiger charge is -2.57. The first kappa shape index (κ1) is 14.3. The third-order valence-corrected chi connectivity index (χ3v) is 7.26. The van der Waals surface area contributed by atoms with Crippen LogP contribution >= 0.6 is 11.3 Å². The molecule has 4 bridgehead atoms. The van der Waals surface area contributed by atoms with E-state index in [-0.39, 0.29) is 0 Å². The second-order valence-electron chi connectivity index (χ2n) is 8.16. The second-order valence-corrected chi connectivity index (χ2v) is 9.19. The van der Waals surface area contributed by atoms with Crippen LogP contribution in [0.4, 0.5) is 0 Å². The zero-order valence-electron chi connectivity index (χ0n) is 13.3. The Morgan fingerprint density at radius 1 is 1.19 bits per heavy atom. The van der Waals surface area contributed by atoms with Crippen LogP contribution in [0.15, 0.2) is 17.5 Å². The van der Waals surface area contributed by atoms with Crippen molar-refractivity contribution in [2.75, 3.05) is 6.54 Å². The molecular weight excluding hydrogens is 274 g/mol. The van der Waals surface area contributed by atoms with Crippen molar-refractivity contribution in [3.05, 3.63) is 22.4 Å². The lowest BCUT2D eigenvalue weighted by molar-refractivity contribution is -0.0618. The van der Waals surface area contributed by atoms with Gasteiger partial charge in [-0.05, 0) is 92.5 Å². The highest BCUT2D eigenvalue weighted by molar-refractivity contribution is 7.09. The molecule has 21 heavy (non-hydrogen) atoms. The van der Waals surface area contributed by atoms with Gasteiger partial charge in [0.1, 0.15) is 0 Å². The van der Waals surface area contributed by atoms with Gasteiger partial charge in [-0.2, -0.15) is 0 Å². The summed E-state index contributed by atoms with van der Waals surface area (Å²) in [6.07, 6.45) is 12.0. The van der Waals surface area contributed by atoms with Gasteiger partial charge in [-0.1, -0.05) is 13.0 Å². The average Bonchev–Trinajstić information content (AvgIpc) is 2.89. The van der Waals surface area contributed by atoms with Crippen molar-refractivity contribution >= 4 is 11.3 Å². The molecule has 1 aromatic heterocycles. The summed E-state index contributed by atoms with van der Waals surface area (Å²) in [5.41, 5.74) is 0.707. The van der Waals surface area contributed by atoms with E-state index >= 15 is 0 Å². The van der Waals surface area contributed by atoms with Gasteiger partial charge in [-0.15, -0.1) is 11.3 Å². The number of hydrogen-bond acceptors (Lipinski definition) is 2. The van der Waals surface area contributed by atoms with Gasteiger partial charge in [0.25, 0.3) is 0 Å². The Bertz CT molecular complexity index is 429. The minimum atomic E-state index is 0.699. The molecule has 4 aliphatic rings. The maximum absolute atomic E-state index is 3.80. The molecule has 0 radical (unpaired) electrons. The third-order valence-electron chi connectivity index (χ3n) is 6.36. The van der Waals surface area contributed by atoms with Gasteiger partial charge in [0.05, 0.1) is 0 Å². The molecule has 1 atom stereocenters. The van der Waals surface area contributed by atoms with E-state index in [9.17, 15) is 0 Å². The predicted molar refractivity (Wildman–Crippen MR) is 90.7 cm³/mol. The Labute approximate surface area is 133 Å². The topological polar surface area (TPSA) is 12.0 Å². The number of thiophene rings is 1. The molecule has 5 rings (SSSR count). The van der Waals surface area contributed by atoms with Crippen LogP contribution < -0.4 is 5.32 Å². The first-order valence-corrected chi connectivity index (χ1v) is 9.88. The molecule has 0 aliphatic heterocycles. The molecule has 116 valence electrons. The van der Waals surface area contributed by atoms with Crippen molar-refractivity contribution in [2.24, 2.45) is 23.2 Å². The lowest BCUT2D eigenvalue weighted by Crippen LogP contribution is -2.49. The van der Waals surface area contributed by atoms with Crippen LogP contribution in [0, 0.1) is 23.2 Å². The third kappa shape index (κ3) is 2.94. The van der Waals surface area contributed by atoms with Gasteiger partial charge in [0.2, 0.25) is 0 Å². The highest BCUT2D eigenvalue weighted by Gasteiger charge is 2.51. The Morgan fingerprint density at radius 2 is 1.86 bits per heavy atom. The summed E-state index contributed by atoms with van der Waals surface area (Å²) in [5.74, 6) is 3.25. The number of nitrogens with one attached hydrogen (secondary N) is 1. The van der Waals surface area contributed by atoms with Crippen LogP contribution in [0.5, 0.6) is 0 Å². The van der Waals surface area contributed by atoms with Crippen LogP contribution in [-0.4, -0.2) is 12.6 Å². The first-order chi connectivity index (χ1) is 10.2. The van der Waals surface area contributed by atoms with Gasteiger partial charge in [0, 0.05) is 10.9 Å². The lowest BCUT2D eigenvalue weighted by atomic mass is 9.48. The van der Waals surface area contributed by atoms with E-state index in [1.54, 1.807) is 43.4 Å². The molecule has 1 heterocycles. The highest BCUT2D eigenvalue weighted by atomic mass is 32.1. The van der Waals surface area contributed by atoms with E-state index in [1.165, 1.54) is 12.8 Å².